The van der Waals surface area contributed by atoms with Crippen molar-refractivity contribution < 1.29 is 13.9 Å². The summed E-state index contributed by atoms with van der Waals surface area (Å²) < 4.78 is 20.9. The maximum absolute atomic E-state index is 13.4. The molecule has 1 aromatic heterocycles. The van der Waals surface area contributed by atoms with Gasteiger partial charge in [-0.15, -0.1) is 10.2 Å². The zero-order chi connectivity index (χ0) is 23.0. The summed E-state index contributed by atoms with van der Waals surface area (Å²) in [7, 11) is 1.81. The molecule has 0 unspecified atom stereocenters. The summed E-state index contributed by atoms with van der Waals surface area (Å²) >= 11 is 1.38. The molecule has 2 aromatic carbocycles. The Morgan fingerprint density at radius 1 is 1.06 bits per heavy atom. The number of nitrogens with zero attached hydrogens (tertiary/aromatic N) is 5. The standard InChI is InChI=1S/C24H28FN5O2S/c1-28(17-19-5-3-2-4-6-19)22(31)18-33-24-27-26-23(20-7-9-21(25)10-8-20)30(24)12-11-29-13-15-32-16-14-29/h2-10H,11-18H2,1H3. The molecule has 3 aromatic rings. The van der Waals surface area contributed by atoms with Crippen LogP contribution in [-0.4, -0.2) is 76.1 Å². The van der Waals surface area contributed by atoms with Gasteiger partial charge >= 0.3 is 0 Å². The Morgan fingerprint density at radius 3 is 2.52 bits per heavy atom. The number of hydrogen-bond donors (Lipinski definition) is 0. The fourth-order valence-electron chi connectivity index (χ4n) is 3.66. The normalized spacial score (nSPS) is 14.4. The molecule has 174 valence electrons. The Hall–Kier alpha value is -2.75. The van der Waals surface area contributed by atoms with Gasteiger partial charge in [-0.1, -0.05) is 42.1 Å². The lowest BCUT2D eigenvalue weighted by atomic mass is 10.2. The molecule has 0 aliphatic carbocycles. The number of amides is 1. The number of morpholine rings is 1. The predicted octanol–water partition coefficient (Wildman–Crippen LogP) is 3.17. The van der Waals surface area contributed by atoms with Crippen molar-refractivity contribution in [3.8, 4) is 11.4 Å². The quantitative estimate of drug-likeness (QED) is 0.449. The first-order valence-electron chi connectivity index (χ1n) is 11.0. The van der Waals surface area contributed by atoms with Crippen LogP contribution in [0, 0.1) is 5.82 Å². The van der Waals surface area contributed by atoms with Gasteiger partial charge in [0.2, 0.25) is 5.91 Å². The molecule has 0 atom stereocenters. The number of thioether (sulfide) groups is 1. The highest BCUT2D eigenvalue weighted by atomic mass is 32.2. The van der Waals surface area contributed by atoms with Crippen LogP contribution in [0.4, 0.5) is 4.39 Å². The van der Waals surface area contributed by atoms with Crippen LogP contribution in [-0.2, 0) is 22.6 Å². The van der Waals surface area contributed by atoms with Gasteiger partial charge in [0.25, 0.3) is 0 Å². The van der Waals surface area contributed by atoms with Gasteiger partial charge in [-0.25, -0.2) is 4.39 Å². The molecule has 0 saturated carbocycles. The molecule has 4 rings (SSSR count). The molecule has 0 N–H and O–H groups in total. The zero-order valence-electron chi connectivity index (χ0n) is 18.7. The van der Waals surface area contributed by atoms with Gasteiger partial charge in [0.1, 0.15) is 5.82 Å². The van der Waals surface area contributed by atoms with Gasteiger partial charge in [0, 0.05) is 45.3 Å². The van der Waals surface area contributed by atoms with Crippen molar-refractivity contribution in [2.45, 2.75) is 18.2 Å². The second kappa shape index (κ2) is 11.4. The molecule has 0 radical (unpaired) electrons. The van der Waals surface area contributed by atoms with E-state index in [1.54, 1.807) is 17.0 Å². The summed E-state index contributed by atoms with van der Waals surface area (Å²) in [4.78, 5) is 16.8. The number of carbonyl (C=O) groups excluding carboxylic acids is 1. The summed E-state index contributed by atoms with van der Waals surface area (Å²) in [5.41, 5.74) is 1.89. The Balaban J connectivity index is 1.45. The molecule has 1 aliphatic heterocycles. The fraction of sp³-hybridized carbons (Fsp3) is 0.375. The molecule has 1 saturated heterocycles. The third-order valence-electron chi connectivity index (χ3n) is 5.58. The largest absolute Gasteiger partial charge is 0.379 e. The first-order chi connectivity index (χ1) is 16.1. The second-order valence-electron chi connectivity index (χ2n) is 7.94. The maximum atomic E-state index is 13.4. The van der Waals surface area contributed by atoms with Crippen molar-refractivity contribution in [3.05, 3.63) is 66.0 Å². The van der Waals surface area contributed by atoms with Crippen molar-refractivity contribution >= 4 is 17.7 Å². The van der Waals surface area contributed by atoms with Gasteiger partial charge in [-0.3, -0.25) is 9.69 Å². The molecule has 1 fully saturated rings. The van der Waals surface area contributed by atoms with E-state index in [0.29, 0.717) is 24.1 Å². The van der Waals surface area contributed by atoms with E-state index in [-0.39, 0.29) is 17.5 Å². The smallest absolute Gasteiger partial charge is 0.233 e. The van der Waals surface area contributed by atoms with Crippen molar-refractivity contribution in [2.75, 3.05) is 45.6 Å². The predicted molar refractivity (Wildman–Crippen MR) is 126 cm³/mol. The molecule has 0 spiro atoms. The SMILES string of the molecule is CN(Cc1ccccc1)C(=O)CSc1nnc(-c2ccc(F)cc2)n1CCN1CCOCC1. The van der Waals surface area contributed by atoms with Crippen LogP contribution in [0.5, 0.6) is 0 Å². The fourth-order valence-corrected chi connectivity index (χ4v) is 4.56. The maximum Gasteiger partial charge on any atom is 0.233 e. The summed E-state index contributed by atoms with van der Waals surface area (Å²) in [5.74, 6) is 0.674. The summed E-state index contributed by atoms with van der Waals surface area (Å²) in [6, 6.07) is 16.2. The highest BCUT2D eigenvalue weighted by molar-refractivity contribution is 7.99. The minimum Gasteiger partial charge on any atom is -0.379 e. The minimum atomic E-state index is -0.292. The van der Waals surface area contributed by atoms with Crippen molar-refractivity contribution in [1.29, 1.82) is 0 Å². The molecular weight excluding hydrogens is 441 g/mol. The third-order valence-corrected chi connectivity index (χ3v) is 6.53. The van der Waals surface area contributed by atoms with Crippen molar-refractivity contribution in [2.24, 2.45) is 0 Å². The summed E-state index contributed by atoms with van der Waals surface area (Å²) in [6.45, 7) is 5.30. The molecule has 9 heteroatoms. The molecule has 2 heterocycles. The monoisotopic (exact) mass is 469 g/mol. The highest BCUT2D eigenvalue weighted by Gasteiger charge is 2.19. The molecule has 7 nitrogen and oxygen atoms in total. The van der Waals surface area contributed by atoms with E-state index < -0.39 is 0 Å². The Kier molecular flexibility index (Phi) is 8.09. The van der Waals surface area contributed by atoms with Crippen LogP contribution in [0.3, 0.4) is 0 Å². The zero-order valence-corrected chi connectivity index (χ0v) is 19.5. The number of halogens is 1. The Bertz CT molecular complexity index is 1040. The number of hydrogen-bond acceptors (Lipinski definition) is 6. The third kappa shape index (κ3) is 6.40. The summed E-state index contributed by atoms with van der Waals surface area (Å²) in [6.07, 6.45) is 0. The molecule has 1 amide bonds. The molecule has 0 bridgehead atoms. The van der Waals surface area contributed by atoms with Crippen molar-refractivity contribution in [1.82, 2.24) is 24.6 Å². The van der Waals surface area contributed by atoms with Gasteiger partial charge in [-0.2, -0.15) is 0 Å². The summed E-state index contributed by atoms with van der Waals surface area (Å²) in [5, 5.41) is 9.42. The topological polar surface area (TPSA) is 63.5 Å². The van der Waals surface area contributed by atoms with E-state index in [4.69, 9.17) is 4.74 Å². The van der Waals surface area contributed by atoms with E-state index in [0.717, 1.165) is 44.0 Å². The number of rotatable bonds is 9. The highest BCUT2D eigenvalue weighted by Crippen LogP contribution is 2.25. The number of aromatic nitrogens is 3. The first-order valence-corrected chi connectivity index (χ1v) is 12.0. The van der Waals surface area contributed by atoms with E-state index in [1.165, 1.54) is 23.9 Å². The minimum absolute atomic E-state index is 0.0231. The lowest BCUT2D eigenvalue weighted by molar-refractivity contribution is -0.127. The Labute approximate surface area is 197 Å². The number of ether oxygens (including phenoxy) is 1. The van der Waals surface area contributed by atoms with E-state index >= 15 is 0 Å². The van der Waals surface area contributed by atoms with Crippen molar-refractivity contribution in [3.63, 3.8) is 0 Å². The van der Waals surface area contributed by atoms with Crippen LogP contribution >= 0.6 is 11.8 Å². The average molecular weight is 470 g/mol. The molecule has 1 aliphatic rings. The number of benzene rings is 2. The molecule has 33 heavy (non-hydrogen) atoms. The van der Waals surface area contributed by atoms with Crippen LogP contribution in [0.2, 0.25) is 0 Å². The lowest BCUT2D eigenvalue weighted by Gasteiger charge is -2.27. The second-order valence-corrected chi connectivity index (χ2v) is 8.89. The van der Waals surface area contributed by atoms with Crippen LogP contribution in [0.15, 0.2) is 59.8 Å². The van der Waals surface area contributed by atoms with Gasteiger partial charge in [0.05, 0.1) is 19.0 Å². The van der Waals surface area contributed by atoms with Gasteiger partial charge in [-0.05, 0) is 29.8 Å². The van der Waals surface area contributed by atoms with E-state index in [9.17, 15) is 9.18 Å². The lowest BCUT2D eigenvalue weighted by Crippen LogP contribution is -2.38. The van der Waals surface area contributed by atoms with Gasteiger partial charge < -0.3 is 14.2 Å². The molecular formula is C24H28FN5O2S. The van der Waals surface area contributed by atoms with E-state index in [2.05, 4.69) is 15.1 Å². The number of carbonyl (C=O) groups is 1. The van der Waals surface area contributed by atoms with Crippen LogP contribution < -0.4 is 0 Å². The first kappa shape index (κ1) is 23.4. The van der Waals surface area contributed by atoms with Crippen LogP contribution in [0.1, 0.15) is 5.56 Å². The van der Waals surface area contributed by atoms with Crippen LogP contribution in [0.25, 0.3) is 11.4 Å². The Morgan fingerprint density at radius 2 is 1.79 bits per heavy atom. The van der Waals surface area contributed by atoms with Gasteiger partial charge in [0.15, 0.2) is 11.0 Å². The average Bonchev–Trinajstić information content (AvgIpc) is 3.25. The van der Waals surface area contributed by atoms with E-state index in [1.807, 2.05) is 41.9 Å².